The molecule has 0 N–H and O–H groups in total. The first kappa shape index (κ1) is 19.1. The molecule has 1 aromatic carbocycles. The van der Waals surface area contributed by atoms with Gasteiger partial charge in [-0.15, -0.1) is 0 Å². The topological polar surface area (TPSA) is 93.0 Å². The molecule has 2 heterocycles. The van der Waals surface area contributed by atoms with E-state index < -0.39 is 10.9 Å². The largest absolute Gasteiger partial charge is 0.452 e. The van der Waals surface area contributed by atoms with Crippen molar-refractivity contribution in [1.29, 1.82) is 0 Å². The smallest absolute Gasteiger partial charge is 0.338 e. The Balaban J connectivity index is 1.70. The van der Waals surface area contributed by atoms with Crippen LogP contribution in [0.1, 0.15) is 43.0 Å². The molecule has 0 spiro atoms. The lowest BCUT2D eigenvalue weighted by molar-refractivity contribution is -0.384. The van der Waals surface area contributed by atoms with Crippen molar-refractivity contribution in [3.05, 3.63) is 33.9 Å². The van der Waals surface area contributed by atoms with Gasteiger partial charge in [0.2, 0.25) is 0 Å². The summed E-state index contributed by atoms with van der Waals surface area (Å²) in [5, 5.41) is 11.5. The number of nitro groups is 1. The van der Waals surface area contributed by atoms with Crippen LogP contribution in [0.4, 0.5) is 11.4 Å². The summed E-state index contributed by atoms with van der Waals surface area (Å²) < 4.78 is 5.07. The third-order valence-corrected chi connectivity index (χ3v) is 5.19. The Hall–Kier alpha value is -2.64. The van der Waals surface area contributed by atoms with Gasteiger partial charge in [-0.05, 0) is 43.7 Å². The van der Waals surface area contributed by atoms with Crippen LogP contribution < -0.4 is 4.90 Å². The second-order valence-corrected chi connectivity index (χ2v) is 7.32. The number of amides is 1. The van der Waals surface area contributed by atoms with Crippen LogP contribution in [-0.4, -0.2) is 54.5 Å². The minimum atomic E-state index is -0.718. The Morgan fingerprint density at radius 3 is 2.63 bits per heavy atom. The fourth-order valence-corrected chi connectivity index (χ4v) is 3.74. The number of nitro benzene ring substituents is 1. The normalized spacial score (nSPS) is 19.8. The third kappa shape index (κ3) is 4.56. The van der Waals surface area contributed by atoms with E-state index in [0.29, 0.717) is 24.7 Å². The minimum absolute atomic E-state index is 0.0877. The van der Waals surface area contributed by atoms with E-state index in [1.54, 1.807) is 11.0 Å². The number of hydrogen-bond donors (Lipinski definition) is 0. The van der Waals surface area contributed by atoms with E-state index in [0.717, 1.165) is 38.8 Å². The lowest BCUT2D eigenvalue weighted by Crippen LogP contribution is -2.34. The summed E-state index contributed by atoms with van der Waals surface area (Å²) in [7, 11) is 0. The molecule has 1 aromatic rings. The molecule has 0 aliphatic carbocycles. The van der Waals surface area contributed by atoms with E-state index in [9.17, 15) is 19.7 Å². The molecule has 27 heavy (non-hydrogen) atoms. The SMILES string of the molecule is C[C@@H]1CCCN(c2ccc(C(=O)OCC(=O)N3CCCC3)cc2[N+](=O)[O-])C1. The third-order valence-electron chi connectivity index (χ3n) is 5.19. The number of esters is 1. The summed E-state index contributed by atoms with van der Waals surface area (Å²) in [6, 6.07) is 4.39. The summed E-state index contributed by atoms with van der Waals surface area (Å²) >= 11 is 0. The molecule has 2 aliphatic heterocycles. The zero-order chi connectivity index (χ0) is 19.4. The number of carbonyl (C=O) groups is 2. The van der Waals surface area contributed by atoms with Crippen LogP contribution in [0.3, 0.4) is 0 Å². The number of ether oxygens (including phenoxy) is 1. The van der Waals surface area contributed by atoms with Crippen molar-refractivity contribution in [1.82, 2.24) is 4.90 Å². The quantitative estimate of drug-likeness (QED) is 0.446. The van der Waals surface area contributed by atoms with E-state index >= 15 is 0 Å². The maximum absolute atomic E-state index is 12.2. The molecule has 0 aromatic heterocycles. The van der Waals surface area contributed by atoms with Crippen molar-refractivity contribution < 1.29 is 19.2 Å². The molecule has 2 saturated heterocycles. The maximum atomic E-state index is 12.2. The van der Waals surface area contributed by atoms with Crippen LogP contribution in [0.5, 0.6) is 0 Å². The van der Waals surface area contributed by atoms with E-state index in [1.807, 2.05) is 4.90 Å². The van der Waals surface area contributed by atoms with Gasteiger partial charge in [0.15, 0.2) is 6.61 Å². The minimum Gasteiger partial charge on any atom is -0.452 e. The Labute approximate surface area is 158 Å². The number of carbonyl (C=O) groups excluding carboxylic acids is 2. The Kier molecular flexibility index (Phi) is 5.93. The lowest BCUT2D eigenvalue weighted by atomic mass is 9.99. The van der Waals surface area contributed by atoms with Gasteiger partial charge < -0.3 is 14.5 Å². The molecular formula is C19H25N3O5. The first-order valence-electron chi connectivity index (χ1n) is 9.44. The molecule has 146 valence electrons. The van der Waals surface area contributed by atoms with Gasteiger partial charge in [-0.3, -0.25) is 14.9 Å². The molecule has 2 aliphatic rings. The van der Waals surface area contributed by atoms with Crippen molar-refractivity contribution in [3.8, 4) is 0 Å². The predicted molar refractivity (Wildman–Crippen MR) is 99.8 cm³/mol. The molecule has 8 nitrogen and oxygen atoms in total. The molecule has 1 atom stereocenters. The van der Waals surface area contributed by atoms with E-state index in [1.165, 1.54) is 12.1 Å². The standard InChI is InChI=1S/C19H25N3O5/c1-14-5-4-10-21(12-14)16-7-6-15(11-17(16)22(25)26)19(24)27-13-18(23)20-8-2-3-9-20/h6-7,11,14H,2-5,8-10,12-13H2,1H3/t14-/m1/s1. The van der Waals surface area contributed by atoms with Crippen LogP contribution >= 0.6 is 0 Å². The fraction of sp³-hybridized carbons (Fsp3) is 0.579. The Morgan fingerprint density at radius 2 is 1.96 bits per heavy atom. The first-order chi connectivity index (χ1) is 13.0. The molecular weight excluding hydrogens is 350 g/mol. The number of hydrogen-bond acceptors (Lipinski definition) is 6. The van der Waals surface area contributed by atoms with Crippen molar-refractivity contribution in [3.63, 3.8) is 0 Å². The highest BCUT2D eigenvalue weighted by molar-refractivity contribution is 5.93. The lowest BCUT2D eigenvalue weighted by Gasteiger charge is -2.32. The molecule has 8 heteroatoms. The monoisotopic (exact) mass is 375 g/mol. The number of piperidine rings is 1. The van der Waals surface area contributed by atoms with Crippen molar-refractivity contribution in [2.24, 2.45) is 5.92 Å². The van der Waals surface area contributed by atoms with Crippen molar-refractivity contribution in [2.75, 3.05) is 37.7 Å². The molecule has 3 rings (SSSR count). The van der Waals surface area contributed by atoms with E-state index in [-0.39, 0.29) is 23.8 Å². The van der Waals surface area contributed by atoms with Gasteiger partial charge in [-0.25, -0.2) is 4.79 Å². The van der Waals surface area contributed by atoms with Crippen LogP contribution in [0, 0.1) is 16.0 Å². The van der Waals surface area contributed by atoms with Crippen molar-refractivity contribution >= 4 is 23.3 Å². The number of nitrogens with zero attached hydrogens (tertiary/aromatic N) is 3. The molecule has 1 amide bonds. The van der Waals surface area contributed by atoms with Gasteiger partial charge in [-0.1, -0.05) is 6.92 Å². The van der Waals surface area contributed by atoms with Gasteiger partial charge in [0.1, 0.15) is 5.69 Å². The highest BCUT2D eigenvalue weighted by Gasteiger charge is 2.26. The maximum Gasteiger partial charge on any atom is 0.338 e. The summed E-state index contributed by atoms with van der Waals surface area (Å²) in [4.78, 5) is 38.9. The second kappa shape index (κ2) is 8.37. The predicted octanol–water partition coefficient (Wildman–Crippen LogP) is 2.61. The van der Waals surface area contributed by atoms with Gasteiger partial charge >= 0.3 is 5.97 Å². The molecule has 0 radical (unpaired) electrons. The highest BCUT2D eigenvalue weighted by Crippen LogP contribution is 2.32. The zero-order valence-corrected chi connectivity index (χ0v) is 15.6. The summed E-state index contributed by atoms with van der Waals surface area (Å²) in [6.45, 7) is 4.68. The van der Waals surface area contributed by atoms with Gasteiger partial charge in [0, 0.05) is 32.2 Å². The number of rotatable bonds is 5. The molecule has 0 bridgehead atoms. The zero-order valence-electron chi connectivity index (χ0n) is 15.6. The second-order valence-electron chi connectivity index (χ2n) is 7.32. The van der Waals surface area contributed by atoms with Crippen LogP contribution in [-0.2, 0) is 9.53 Å². The van der Waals surface area contributed by atoms with Gasteiger partial charge in [0.05, 0.1) is 10.5 Å². The highest BCUT2D eigenvalue weighted by atomic mass is 16.6. The molecule has 0 saturated carbocycles. The Bertz CT molecular complexity index is 730. The van der Waals surface area contributed by atoms with E-state index in [4.69, 9.17) is 4.74 Å². The fourth-order valence-electron chi connectivity index (χ4n) is 3.74. The average Bonchev–Trinajstić information content (AvgIpc) is 3.20. The van der Waals surface area contributed by atoms with Crippen molar-refractivity contribution in [2.45, 2.75) is 32.6 Å². The van der Waals surface area contributed by atoms with Crippen LogP contribution in [0.15, 0.2) is 18.2 Å². The van der Waals surface area contributed by atoms with Crippen LogP contribution in [0.2, 0.25) is 0 Å². The Morgan fingerprint density at radius 1 is 1.22 bits per heavy atom. The molecule has 2 fully saturated rings. The molecule has 0 unspecified atom stereocenters. The summed E-state index contributed by atoms with van der Waals surface area (Å²) in [5.41, 5.74) is 0.505. The number of anilines is 1. The summed E-state index contributed by atoms with van der Waals surface area (Å²) in [6.07, 6.45) is 4.02. The van der Waals surface area contributed by atoms with Crippen LogP contribution in [0.25, 0.3) is 0 Å². The summed E-state index contributed by atoms with van der Waals surface area (Å²) in [5.74, 6) is -0.474. The van der Waals surface area contributed by atoms with E-state index in [2.05, 4.69) is 6.92 Å². The van der Waals surface area contributed by atoms with Gasteiger partial charge in [-0.2, -0.15) is 0 Å². The van der Waals surface area contributed by atoms with Gasteiger partial charge in [0.25, 0.3) is 11.6 Å². The number of likely N-dealkylation sites (tertiary alicyclic amines) is 1. The first-order valence-corrected chi connectivity index (χ1v) is 9.44. The average molecular weight is 375 g/mol. The number of benzene rings is 1.